The van der Waals surface area contributed by atoms with Gasteiger partial charge in [-0.1, -0.05) is 17.3 Å². The van der Waals surface area contributed by atoms with Gasteiger partial charge in [0, 0.05) is 37.8 Å². The van der Waals surface area contributed by atoms with Crippen molar-refractivity contribution in [3.8, 4) is 11.6 Å². The van der Waals surface area contributed by atoms with Crippen LogP contribution in [0.15, 0.2) is 28.8 Å². The molecule has 0 atom stereocenters. The van der Waals surface area contributed by atoms with Gasteiger partial charge in [0.05, 0.1) is 5.75 Å². The van der Waals surface area contributed by atoms with Gasteiger partial charge in [0.1, 0.15) is 5.82 Å². The van der Waals surface area contributed by atoms with E-state index in [2.05, 4.69) is 15.2 Å². The lowest BCUT2D eigenvalue weighted by Gasteiger charge is -2.26. The summed E-state index contributed by atoms with van der Waals surface area (Å²) < 4.78 is 47.2. The molecular formula is C17H18FN5O3S. The van der Waals surface area contributed by atoms with Crippen molar-refractivity contribution in [2.45, 2.75) is 25.6 Å². The lowest BCUT2D eigenvalue weighted by molar-refractivity contribution is 0.384. The molecule has 0 saturated carbocycles. The van der Waals surface area contributed by atoms with Gasteiger partial charge in [0.25, 0.3) is 5.89 Å². The molecule has 1 aliphatic heterocycles. The van der Waals surface area contributed by atoms with Crippen molar-refractivity contribution < 1.29 is 17.3 Å². The highest BCUT2D eigenvalue weighted by Gasteiger charge is 2.32. The fourth-order valence-electron chi connectivity index (χ4n) is 3.25. The number of aryl methyl sites for hydroxylation is 2. The molecule has 0 amide bonds. The predicted molar refractivity (Wildman–Crippen MR) is 94.4 cm³/mol. The molecular weight excluding hydrogens is 373 g/mol. The van der Waals surface area contributed by atoms with Crippen LogP contribution < -0.4 is 0 Å². The molecule has 27 heavy (non-hydrogen) atoms. The van der Waals surface area contributed by atoms with Crippen molar-refractivity contribution in [3.63, 3.8) is 0 Å². The van der Waals surface area contributed by atoms with Crippen molar-refractivity contribution in [1.82, 2.24) is 24.2 Å². The van der Waals surface area contributed by atoms with Crippen molar-refractivity contribution in [3.05, 3.63) is 52.7 Å². The SMILES string of the molecule is Cc1noc(-c2nn(C)c3c2CN(S(=O)(=O)Cc2ccc(F)cc2)CC3)n1. The van der Waals surface area contributed by atoms with Crippen molar-refractivity contribution in [2.24, 2.45) is 7.05 Å². The summed E-state index contributed by atoms with van der Waals surface area (Å²) in [5, 5.41) is 8.23. The molecule has 8 nitrogen and oxygen atoms in total. The average molecular weight is 391 g/mol. The highest BCUT2D eigenvalue weighted by atomic mass is 32.2. The first-order chi connectivity index (χ1) is 12.8. The monoisotopic (exact) mass is 391 g/mol. The van der Waals surface area contributed by atoms with E-state index in [4.69, 9.17) is 4.52 Å². The fourth-order valence-corrected chi connectivity index (χ4v) is 4.74. The second-order valence-electron chi connectivity index (χ2n) is 6.51. The number of halogens is 1. The first kappa shape index (κ1) is 17.8. The molecule has 0 radical (unpaired) electrons. The predicted octanol–water partition coefficient (Wildman–Crippen LogP) is 1.81. The van der Waals surface area contributed by atoms with Gasteiger partial charge >= 0.3 is 0 Å². The largest absolute Gasteiger partial charge is 0.332 e. The van der Waals surface area contributed by atoms with Crippen LogP contribution in [-0.4, -0.2) is 39.2 Å². The quantitative estimate of drug-likeness (QED) is 0.673. The van der Waals surface area contributed by atoms with E-state index in [0.29, 0.717) is 30.0 Å². The second-order valence-corrected chi connectivity index (χ2v) is 8.48. The van der Waals surface area contributed by atoms with E-state index in [9.17, 15) is 12.8 Å². The van der Waals surface area contributed by atoms with Crippen LogP contribution in [0.4, 0.5) is 4.39 Å². The summed E-state index contributed by atoms with van der Waals surface area (Å²) in [7, 11) is -1.76. The van der Waals surface area contributed by atoms with Gasteiger partial charge < -0.3 is 4.52 Å². The summed E-state index contributed by atoms with van der Waals surface area (Å²) in [5.74, 6) is 0.189. The Bertz CT molecular complexity index is 1090. The number of nitrogens with zero attached hydrogens (tertiary/aromatic N) is 5. The van der Waals surface area contributed by atoms with E-state index in [1.165, 1.54) is 28.6 Å². The van der Waals surface area contributed by atoms with Gasteiger partial charge in [-0.25, -0.2) is 12.8 Å². The number of fused-ring (bicyclic) bond motifs is 1. The van der Waals surface area contributed by atoms with Gasteiger partial charge in [0.15, 0.2) is 11.5 Å². The third-order valence-electron chi connectivity index (χ3n) is 4.59. The van der Waals surface area contributed by atoms with Crippen LogP contribution in [0, 0.1) is 12.7 Å². The van der Waals surface area contributed by atoms with Gasteiger partial charge in [-0.3, -0.25) is 4.68 Å². The molecule has 1 aliphatic rings. The van der Waals surface area contributed by atoms with Gasteiger partial charge in [0.2, 0.25) is 10.0 Å². The highest BCUT2D eigenvalue weighted by Crippen LogP contribution is 2.30. The molecule has 2 aromatic heterocycles. The highest BCUT2D eigenvalue weighted by molar-refractivity contribution is 7.88. The Balaban J connectivity index is 1.63. The summed E-state index contributed by atoms with van der Waals surface area (Å²) in [6.07, 6.45) is 0.536. The van der Waals surface area contributed by atoms with E-state index in [0.717, 1.165) is 11.3 Å². The first-order valence-corrected chi connectivity index (χ1v) is 10.0. The first-order valence-electron chi connectivity index (χ1n) is 8.41. The maximum absolute atomic E-state index is 13.1. The molecule has 0 saturated heterocycles. The van der Waals surface area contributed by atoms with E-state index >= 15 is 0 Å². The zero-order chi connectivity index (χ0) is 19.2. The lowest BCUT2D eigenvalue weighted by Crippen LogP contribution is -2.37. The smallest absolute Gasteiger partial charge is 0.278 e. The third-order valence-corrected chi connectivity index (χ3v) is 6.39. The lowest BCUT2D eigenvalue weighted by atomic mass is 10.1. The zero-order valence-corrected chi connectivity index (χ0v) is 15.7. The minimum Gasteiger partial charge on any atom is -0.332 e. The topological polar surface area (TPSA) is 94.1 Å². The van der Waals surface area contributed by atoms with E-state index in [1.54, 1.807) is 11.6 Å². The van der Waals surface area contributed by atoms with Crippen LogP contribution in [0.5, 0.6) is 0 Å². The Kier molecular flexibility index (Phi) is 4.31. The molecule has 0 bridgehead atoms. The standard InChI is InChI=1S/C17H18FN5O3S/c1-11-19-17(26-21-11)16-14-9-23(8-7-15(14)22(2)20-16)27(24,25)10-12-3-5-13(18)6-4-12/h3-6H,7-10H2,1-2H3. The number of aromatic nitrogens is 4. The van der Waals surface area contributed by atoms with Gasteiger partial charge in [-0.05, 0) is 24.6 Å². The summed E-state index contributed by atoms with van der Waals surface area (Å²) in [6.45, 7) is 2.25. The minimum absolute atomic E-state index is 0.183. The molecule has 4 rings (SSSR count). The van der Waals surface area contributed by atoms with Crippen LogP contribution in [0.3, 0.4) is 0 Å². The van der Waals surface area contributed by atoms with E-state index in [1.807, 2.05) is 7.05 Å². The molecule has 0 fully saturated rings. The number of rotatable bonds is 4. The van der Waals surface area contributed by atoms with Crippen LogP contribution in [0.25, 0.3) is 11.6 Å². The fraction of sp³-hybridized carbons (Fsp3) is 0.353. The average Bonchev–Trinajstić information content (AvgIpc) is 3.20. The third kappa shape index (κ3) is 3.37. The Morgan fingerprint density at radius 1 is 1.26 bits per heavy atom. The molecule has 3 heterocycles. The summed E-state index contributed by atoms with van der Waals surface area (Å²) in [6, 6.07) is 5.49. The molecule has 0 spiro atoms. The molecule has 10 heteroatoms. The van der Waals surface area contributed by atoms with E-state index in [-0.39, 0.29) is 18.2 Å². The van der Waals surface area contributed by atoms with Crippen LogP contribution in [-0.2, 0) is 35.8 Å². The Labute approximate surface area is 155 Å². The van der Waals surface area contributed by atoms with Crippen molar-refractivity contribution in [1.29, 1.82) is 0 Å². The maximum Gasteiger partial charge on any atom is 0.278 e. The molecule has 142 valence electrons. The van der Waals surface area contributed by atoms with Crippen LogP contribution in [0.2, 0.25) is 0 Å². The van der Waals surface area contributed by atoms with Crippen LogP contribution in [0.1, 0.15) is 22.6 Å². The second kappa shape index (κ2) is 6.54. The molecule has 1 aromatic carbocycles. The number of hydrogen-bond acceptors (Lipinski definition) is 6. The number of sulfonamides is 1. The minimum atomic E-state index is -3.57. The van der Waals surface area contributed by atoms with Gasteiger partial charge in [-0.2, -0.15) is 14.4 Å². The van der Waals surface area contributed by atoms with Crippen molar-refractivity contribution in [2.75, 3.05) is 6.54 Å². The van der Waals surface area contributed by atoms with Gasteiger partial charge in [-0.15, -0.1) is 0 Å². The summed E-state index contributed by atoms with van der Waals surface area (Å²) in [4.78, 5) is 4.21. The maximum atomic E-state index is 13.1. The Hall–Kier alpha value is -2.59. The normalized spacial score (nSPS) is 15.1. The Morgan fingerprint density at radius 2 is 2.00 bits per heavy atom. The summed E-state index contributed by atoms with van der Waals surface area (Å²) in [5.41, 5.74) is 2.78. The zero-order valence-electron chi connectivity index (χ0n) is 14.9. The molecule has 3 aromatic rings. The van der Waals surface area contributed by atoms with Crippen molar-refractivity contribution >= 4 is 10.0 Å². The summed E-state index contributed by atoms with van der Waals surface area (Å²) >= 11 is 0. The van der Waals surface area contributed by atoms with Crippen LogP contribution >= 0.6 is 0 Å². The molecule has 0 aliphatic carbocycles. The number of hydrogen-bond donors (Lipinski definition) is 0. The molecule has 0 N–H and O–H groups in total. The molecule has 0 unspecified atom stereocenters. The van der Waals surface area contributed by atoms with E-state index < -0.39 is 15.8 Å². The Morgan fingerprint density at radius 3 is 2.67 bits per heavy atom. The number of benzene rings is 1.